The summed E-state index contributed by atoms with van der Waals surface area (Å²) in [6, 6.07) is 10.0. The fourth-order valence-corrected chi connectivity index (χ4v) is 2.83. The summed E-state index contributed by atoms with van der Waals surface area (Å²) in [5.41, 5.74) is 7.70. The third-order valence-corrected chi connectivity index (χ3v) is 4.19. The Labute approximate surface area is 134 Å². The number of benzene rings is 2. The first kappa shape index (κ1) is 14.1. The van der Waals surface area contributed by atoms with Crippen LogP contribution >= 0.6 is 27.5 Å². The summed E-state index contributed by atoms with van der Waals surface area (Å²) >= 11 is 9.39. The zero-order chi connectivity index (χ0) is 15.1. The molecule has 21 heavy (non-hydrogen) atoms. The Bertz CT molecular complexity index is 776. The van der Waals surface area contributed by atoms with Crippen molar-refractivity contribution in [3.05, 3.63) is 62.6 Å². The fraction of sp³-hybridized carbons (Fsp3) is 0.0667. The van der Waals surface area contributed by atoms with Gasteiger partial charge in [-0.25, -0.2) is 0 Å². The van der Waals surface area contributed by atoms with Gasteiger partial charge in [-0.1, -0.05) is 27.5 Å². The minimum Gasteiger partial charge on any atom is -0.399 e. The molecule has 1 aliphatic heterocycles. The van der Waals surface area contributed by atoms with Gasteiger partial charge in [-0.2, -0.15) is 0 Å². The van der Waals surface area contributed by atoms with Gasteiger partial charge in [0.15, 0.2) is 0 Å². The second-order valence-electron chi connectivity index (χ2n) is 4.74. The number of halogens is 2. The van der Waals surface area contributed by atoms with Crippen LogP contribution in [0.2, 0.25) is 5.02 Å². The van der Waals surface area contributed by atoms with Gasteiger partial charge in [0, 0.05) is 15.2 Å². The highest BCUT2D eigenvalue weighted by molar-refractivity contribution is 9.10. The summed E-state index contributed by atoms with van der Waals surface area (Å²) in [5, 5.41) is 0.474. The molecular formula is C15H10BrClN2O2. The number of nitrogens with two attached hydrogens (primary N) is 1. The molecule has 0 bridgehead atoms. The number of hydrogen-bond acceptors (Lipinski definition) is 3. The Morgan fingerprint density at radius 2 is 1.76 bits per heavy atom. The predicted molar refractivity (Wildman–Crippen MR) is 84.2 cm³/mol. The molecule has 2 amide bonds. The van der Waals surface area contributed by atoms with Crippen molar-refractivity contribution in [2.24, 2.45) is 0 Å². The summed E-state index contributed by atoms with van der Waals surface area (Å²) in [4.78, 5) is 25.9. The molecule has 4 nitrogen and oxygen atoms in total. The van der Waals surface area contributed by atoms with Crippen molar-refractivity contribution < 1.29 is 9.59 Å². The van der Waals surface area contributed by atoms with Crippen LogP contribution < -0.4 is 5.73 Å². The number of amides is 2. The maximum absolute atomic E-state index is 12.4. The standard InChI is InChI=1S/C15H10BrClN2O2/c16-9-1-3-11-12(6-9)15(21)19(14(11)20)7-8-5-10(18)2-4-13(8)17/h1-6H,7,18H2. The van der Waals surface area contributed by atoms with Gasteiger partial charge in [0.2, 0.25) is 0 Å². The average molecular weight is 366 g/mol. The molecule has 1 aliphatic rings. The zero-order valence-electron chi connectivity index (χ0n) is 10.8. The number of nitrogens with zero attached hydrogens (tertiary/aromatic N) is 1. The number of carbonyl (C=O) groups excluding carboxylic acids is 2. The Balaban J connectivity index is 1.97. The van der Waals surface area contributed by atoms with E-state index < -0.39 is 0 Å². The second-order valence-corrected chi connectivity index (χ2v) is 6.06. The lowest BCUT2D eigenvalue weighted by molar-refractivity contribution is 0.0642. The van der Waals surface area contributed by atoms with Gasteiger partial charge in [0.05, 0.1) is 17.7 Å². The lowest BCUT2D eigenvalue weighted by Crippen LogP contribution is -2.29. The first-order chi connectivity index (χ1) is 9.97. The molecular weight excluding hydrogens is 356 g/mol. The molecule has 0 aliphatic carbocycles. The molecule has 3 rings (SSSR count). The van der Waals surface area contributed by atoms with E-state index in [4.69, 9.17) is 17.3 Å². The molecule has 2 aromatic rings. The van der Waals surface area contributed by atoms with E-state index in [0.29, 0.717) is 27.4 Å². The molecule has 106 valence electrons. The van der Waals surface area contributed by atoms with Crippen LogP contribution in [0.25, 0.3) is 0 Å². The third kappa shape index (κ3) is 2.43. The number of imide groups is 1. The van der Waals surface area contributed by atoms with Crippen LogP contribution in [-0.2, 0) is 6.54 Å². The normalized spacial score (nSPS) is 13.7. The molecule has 0 aromatic heterocycles. The summed E-state index contributed by atoms with van der Waals surface area (Å²) in [5.74, 6) is -0.643. The van der Waals surface area contributed by atoms with E-state index in [1.165, 1.54) is 4.90 Å². The van der Waals surface area contributed by atoms with Crippen molar-refractivity contribution >= 4 is 45.0 Å². The zero-order valence-corrected chi connectivity index (χ0v) is 13.1. The molecule has 2 N–H and O–H groups in total. The van der Waals surface area contributed by atoms with Gasteiger partial charge in [0.25, 0.3) is 11.8 Å². The van der Waals surface area contributed by atoms with E-state index in [1.54, 1.807) is 36.4 Å². The van der Waals surface area contributed by atoms with Gasteiger partial charge in [-0.3, -0.25) is 14.5 Å². The van der Waals surface area contributed by atoms with Crippen molar-refractivity contribution in [3.63, 3.8) is 0 Å². The van der Waals surface area contributed by atoms with Gasteiger partial charge < -0.3 is 5.73 Å². The molecule has 2 aromatic carbocycles. The minimum atomic E-state index is -0.324. The van der Waals surface area contributed by atoms with E-state index in [2.05, 4.69) is 15.9 Å². The minimum absolute atomic E-state index is 0.105. The highest BCUT2D eigenvalue weighted by Gasteiger charge is 2.35. The smallest absolute Gasteiger partial charge is 0.261 e. The van der Waals surface area contributed by atoms with Crippen LogP contribution in [-0.4, -0.2) is 16.7 Å². The molecule has 0 atom stereocenters. The van der Waals surface area contributed by atoms with Crippen molar-refractivity contribution in [2.75, 3.05) is 5.73 Å². The van der Waals surface area contributed by atoms with E-state index >= 15 is 0 Å². The first-order valence-corrected chi connectivity index (χ1v) is 7.34. The molecule has 1 heterocycles. The van der Waals surface area contributed by atoms with E-state index in [9.17, 15) is 9.59 Å². The van der Waals surface area contributed by atoms with Crippen LogP contribution in [0.15, 0.2) is 40.9 Å². The molecule has 0 saturated carbocycles. The van der Waals surface area contributed by atoms with Crippen LogP contribution in [0, 0.1) is 0 Å². The number of carbonyl (C=O) groups is 2. The van der Waals surface area contributed by atoms with Crippen LogP contribution in [0.4, 0.5) is 5.69 Å². The molecule has 6 heteroatoms. The first-order valence-electron chi connectivity index (χ1n) is 6.17. The maximum atomic E-state index is 12.4. The Morgan fingerprint density at radius 1 is 1.05 bits per heavy atom. The fourth-order valence-electron chi connectivity index (χ4n) is 2.29. The second kappa shape index (κ2) is 5.16. The van der Waals surface area contributed by atoms with Gasteiger partial charge >= 0.3 is 0 Å². The number of nitrogen functional groups attached to an aromatic ring is 1. The van der Waals surface area contributed by atoms with Gasteiger partial charge in [0.1, 0.15) is 0 Å². The van der Waals surface area contributed by atoms with Crippen LogP contribution in [0.1, 0.15) is 26.3 Å². The summed E-state index contributed by atoms with van der Waals surface area (Å²) < 4.78 is 0.756. The van der Waals surface area contributed by atoms with Crippen molar-refractivity contribution in [2.45, 2.75) is 6.54 Å². The largest absolute Gasteiger partial charge is 0.399 e. The van der Waals surface area contributed by atoms with Crippen molar-refractivity contribution in [1.29, 1.82) is 0 Å². The van der Waals surface area contributed by atoms with Crippen molar-refractivity contribution in [3.8, 4) is 0 Å². The summed E-state index contributed by atoms with van der Waals surface area (Å²) in [7, 11) is 0. The quantitative estimate of drug-likeness (QED) is 0.654. The Morgan fingerprint density at radius 3 is 2.52 bits per heavy atom. The number of anilines is 1. The summed E-state index contributed by atoms with van der Waals surface area (Å²) in [6.45, 7) is 0.105. The Kier molecular flexibility index (Phi) is 3.47. The molecule has 0 spiro atoms. The molecule has 0 saturated heterocycles. The van der Waals surface area contributed by atoms with E-state index in [-0.39, 0.29) is 18.4 Å². The third-order valence-electron chi connectivity index (χ3n) is 3.33. The van der Waals surface area contributed by atoms with Gasteiger partial charge in [-0.15, -0.1) is 0 Å². The lowest BCUT2D eigenvalue weighted by Gasteiger charge is -2.15. The van der Waals surface area contributed by atoms with E-state index in [1.807, 2.05) is 0 Å². The molecule has 0 radical (unpaired) electrons. The van der Waals surface area contributed by atoms with Crippen molar-refractivity contribution in [1.82, 2.24) is 4.90 Å². The van der Waals surface area contributed by atoms with Crippen LogP contribution in [0.3, 0.4) is 0 Å². The molecule has 0 unspecified atom stereocenters. The number of fused-ring (bicyclic) bond motifs is 1. The lowest BCUT2D eigenvalue weighted by atomic mass is 10.1. The SMILES string of the molecule is Nc1ccc(Cl)c(CN2C(=O)c3ccc(Br)cc3C2=O)c1. The number of hydrogen-bond donors (Lipinski definition) is 1. The monoisotopic (exact) mass is 364 g/mol. The maximum Gasteiger partial charge on any atom is 0.261 e. The highest BCUT2D eigenvalue weighted by atomic mass is 79.9. The highest BCUT2D eigenvalue weighted by Crippen LogP contribution is 2.29. The van der Waals surface area contributed by atoms with E-state index in [0.717, 1.165) is 4.47 Å². The average Bonchev–Trinajstić information content (AvgIpc) is 2.67. The Hall–Kier alpha value is -1.85. The van der Waals surface area contributed by atoms with Crippen LogP contribution in [0.5, 0.6) is 0 Å². The number of rotatable bonds is 2. The molecule has 0 fully saturated rings. The van der Waals surface area contributed by atoms with Gasteiger partial charge in [-0.05, 0) is 42.0 Å². The topological polar surface area (TPSA) is 63.4 Å². The summed E-state index contributed by atoms with van der Waals surface area (Å²) in [6.07, 6.45) is 0. The predicted octanol–water partition coefficient (Wildman–Crippen LogP) is 3.48.